The third-order valence-corrected chi connectivity index (χ3v) is 3.97. The van der Waals surface area contributed by atoms with Crippen LogP contribution in [-0.4, -0.2) is 23.8 Å². The van der Waals surface area contributed by atoms with Gasteiger partial charge in [-0.2, -0.15) is 0 Å². The maximum atomic E-state index is 6.42. The van der Waals surface area contributed by atoms with E-state index in [1.54, 1.807) is 14.2 Å². The summed E-state index contributed by atoms with van der Waals surface area (Å²) in [6, 6.07) is 5.27. The molecule has 0 aliphatic rings. The molecular weight excluding hydrogens is 274 g/mol. The smallest absolute Gasteiger partial charge is 0.127 e. The molecule has 0 saturated carbocycles. The van der Waals surface area contributed by atoms with Crippen molar-refractivity contribution in [1.82, 2.24) is 9.59 Å². The Hall–Kier alpha value is -1.66. The fraction of sp³-hybridized carbons (Fsp3) is 0.429. The summed E-state index contributed by atoms with van der Waals surface area (Å²) in [5, 5.41) is 4.18. The number of rotatable bonds is 5. The predicted octanol–water partition coefficient (Wildman–Crippen LogP) is 2.73. The van der Waals surface area contributed by atoms with Crippen LogP contribution in [0.25, 0.3) is 0 Å². The number of nitrogens with two attached hydrogens (primary N) is 1. The Kier molecular flexibility index (Phi) is 4.57. The Labute approximate surface area is 122 Å². The molecule has 6 heteroatoms. The van der Waals surface area contributed by atoms with Crippen molar-refractivity contribution in [3.63, 3.8) is 0 Å². The van der Waals surface area contributed by atoms with Crippen LogP contribution in [0.15, 0.2) is 18.2 Å². The summed E-state index contributed by atoms with van der Waals surface area (Å²) in [4.78, 5) is 0.947. The van der Waals surface area contributed by atoms with Crippen LogP contribution < -0.4 is 15.2 Å². The Morgan fingerprint density at radius 2 is 1.75 bits per heavy atom. The van der Waals surface area contributed by atoms with Crippen LogP contribution in [0.5, 0.6) is 11.5 Å². The summed E-state index contributed by atoms with van der Waals surface area (Å²) in [5.41, 5.74) is 8.17. The molecule has 0 saturated heterocycles. The van der Waals surface area contributed by atoms with E-state index in [0.717, 1.165) is 16.1 Å². The van der Waals surface area contributed by atoms with Crippen LogP contribution in [0, 0.1) is 0 Å². The summed E-state index contributed by atoms with van der Waals surface area (Å²) in [5.74, 6) is 1.69. The van der Waals surface area contributed by atoms with Crippen LogP contribution in [0.1, 0.15) is 41.9 Å². The van der Waals surface area contributed by atoms with Gasteiger partial charge in [-0.05, 0) is 29.6 Å². The highest BCUT2D eigenvalue weighted by Crippen LogP contribution is 2.38. The van der Waals surface area contributed by atoms with Gasteiger partial charge in [-0.1, -0.05) is 24.4 Å². The average Bonchev–Trinajstić information content (AvgIpc) is 2.95. The molecule has 0 amide bonds. The first-order chi connectivity index (χ1) is 9.60. The standard InChI is InChI=1S/C14H19N3O2S/c1-8(2)13-14(20-17-16-13)12(15)11-9(18-3)6-5-7-10(11)19-4/h5-8,12H,15H2,1-4H3. The van der Waals surface area contributed by atoms with Crippen LogP contribution in [0.3, 0.4) is 0 Å². The minimum atomic E-state index is -0.363. The van der Waals surface area contributed by atoms with Gasteiger partial charge in [-0.3, -0.25) is 0 Å². The van der Waals surface area contributed by atoms with Crippen molar-refractivity contribution < 1.29 is 9.47 Å². The predicted molar refractivity (Wildman–Crippen MR) is 79.6 cm³/mol. The molecule has 0 bridgehead atoms. The van der Waals surface area contributed by atoms with E-state index in [1.165, 1.54) is 11.5 Å². The summed E-state index contributed by atoms with van der Waals surface area (Å²) in [7, 11) is 3.25. The Morgan fingerprint density at radius 3 is 2.25 bits per heavy atom. The third-order valence-electron chi connectivity index (χ3n) is 3.15. The SMILES string of the molecule is COc1cccc(OC)c1C(N)c1snnc1C(C)C. The van der Waals surface area contributed by atoms with Crippen molar-refractivity contribution in [2.75, 3.05) is 14.2 Å². The molecule has 1 atom stereocenters. The number of aromatic nitrogens is 2. The molecule has 2 rings (SSSR count). The molecule has 0 aliphatic heterocycles. The van der Waals surface area contributed by atoms with E-state index >= 15 is 0 Å². The van der Waals surface area contributed by atoms with Gasteiger partial charge >= 0.3 is 0 Å². The van der Waals surface area contributed by atoms with Gasteiger partial charge in [0.25, 0.3) is 0 Å². The molecule has 1 unspecified atom stereocenters. The van der Waals surface area contributed by atoms with E-state index in [0.29, 0.717) is 11.5 Å². The van der Waals surface area contributed by atoms with E-state index in [2.05, 4.69) is 23.4 Å². The largest absolute Gasteiger partial charge is 0.496 e. The molecule has 0 aliphatic carbocycles. The molecule has 2 N–H and O–H groups in total. The number of hydrogen-bond donors (Lipinski definition) is 1. The van der Waals surface area contributed by atoms with Gasteiger partial charge < -0.3 is 15.2 Å². The Balaban J connectivity index is 2.52. The number of benzene rings is 1. The molecule has 1 heterocycles. The first kappa shape index (κ1) is 14.7. The van der Waals surface area contributed by atoms with Crippen molar-refractivity contribution in [2.24, 2.45) is 5.73 Å². The molecule has 0 fully saturated rings. The first-order valence-corrected chi connectivity index (χ1v) is 7.16. The minimum absolute atomic E-state index is 0.274. The topological polar surface area (TPSA) is 70.3 Å². The van der Waals surface area contributed by atoms with Crippen molar-refractivity contribution >= 4 is 11.5 Å². The van der Waals surface area contributed by atoms with Crippen molar-refractivity contribution in [1.29, 1.82) is 0 Å². The van der Waals surface area contributed by atoms with E-state index in [9.17, 15) is 0 Å². The van der Waals surface area contributed by atoms with Gasteiger partial charge in [0.1, 0.15) is 11.5 Å². The van der Waals surface area contributed by atoms with Crippen LogP contribution >= 0.6 is 11.5 Å². The number of methoxy groups -OCH3 is 2. The van der Waals surface area contributed by atoms with Gasteiger partial charge in [-0.25, -0.2) is 0 Å². The monoisotopic (exact) mass is 293 g/mol. The fourth-order valence-corrected chi connectivity index (χ4v) is 2.96. The maximum absolute atomic E-state index is 6.42. The van der Waals surface area contributed by atoms with Gasteiger partial charge in [0, 0.05) is 0 Å². The lowest BCUT2D eigenvalue weighted by Gasteiger charge is -2.18. The summed E-state index contributed by atoms with van der Waals surface area (Å²) >= 11 is 1.32. The molecule has 2 aromatic rings. The van der Waals surface area contributed by atoms with Crippen LogP contribution in [0.2, 0.25) is 0 Å². The zero-order valence-corrected chi connectivity index (χ0v) is 12.9. The van der Waals surface area contributed by atoms with Crippen molar-refractivity contribution in [3.05, 3.63) is 34.3 Å². The zero-order valence-electron chi connectivity index (χ0n) is 12.1. The number of nitrogens with zero attached hydrogens (tertiary/aromatic N) is 2. The van der Waals surface area contributed by atoms with Gasteiger partial charge in [0.2, 0.25) is 0 Å². The average molecular weight is 293 g/mol. The molecule has 20 heavy (non-hydrogen) atoms. The van der Waals surface area contributed by atoms with Crippen LogP contribution in [-0.2, 0) is 0 Å². The van der Waals surface area contributed by atoms with Gasteiger partial charge in [-0.15, -0.1) is 5.10 Å². The highest BCUT2D eigenvalue weighted by atomic mass is 32.1. The Bertz CT molecular complexity index is 561. The second-order valence-electron chi connectivity index (χ2n) is 4.73. The highest BCUT2D eigenvalue weighted by Gasteiger charge is 2.25. The Morgan fingerprint density at radius 1 is 1.15 bits per heavy atom. The molecule has 5 nitrogen and oxygen atoms in total. The van der Waals surface area contributed by atoms with Gasteiger partial charge in [0.05, 0.1) is 36.4 Å². The summed E-state index contributed by atoms with van der Waals surface area (Å²) in [6.45, 7) is 4.15. The lowest BCUT2D eigenvalue weighted by molar-refractivity contribution is 0.382. The molecule has 1 aromatic carbocycles. The quantitative estimate of drug-likeness (QED) is 0.918. The minimum Gasteiger partial charge on any atom is -0.496 e. The first-order valence-electron chi connectivity index (χ1n) is 6.38. The lowest BCUT2D eigenvalue weighted by atomic mass is 9.99. The van der Waals surface area contributed by atoms with Gasteiger partial charge in [0.15, 0.2) is 0 Å². The second-order valence-corrected chi connectivity index (χ2v) is 5.52. The van der Waals surface area contributed by atoms with E-state index in [4.69, 9.17) is 15.2 Å². The summed E-state index contributed by atoms with van der Waals surface area (Å²) < 4.78 is 14.9. The van der Waals surface area contributed by atoms with Crippen molar-refractivity contribution in [2.45, 2.75) is 25.8 Å². The summed E-state index contributed by atoms with van der Waals surface area (Å²) in [6.07, 6.45) is 0. The van der Waals surface area contributed by atoms with Crippen LogP contribution in [0.4, 0.5) is 0 Å². The maximum Gasteiger partial charge on any atom is 0.127 e. The molecular formula is C14H19N3O2S. The van der Waals surface area contributed by atoms with Crippen molar-refractivity contribution in [3.8, 4) is 11.5 Å². The normalized spacial score (nSPS) is 12.5. The number of hydrogen-bond acceptors (Lipinski definition) is 6. The molecule has 108 valence electrons. The molecule has 0 spiro atoms. The fourth-order valence-electron chi connectivity index (χ4n) is 2.14. The molecule has 0 radical (unpaired) electrons. The van der Waals surface area contributed by atoms with E-state index in [-0.39, 0.29) is 12.0 Å². The second kappa shape index (κ2) is 6.19. The lowest BCUT2D eigenvalue weighted by Crippen LogP contribution is -2.15. The van der Waals surface area contributed by atoms with E-state index < -0.39 is 0 Å². The number of ether oxygens (including phenoxy) is 2. The van der Waals surface area contributed by atoms with E-state index in [1.807, 2.05) is 18.2 Å². The molecule has 1 aromatic heterocycles. The third kappa shape index (κ3) is 2.62. The highest BCUT2D eigenvalue weighted by molar-refractivity contribution is 7.05. The zero-order chi connectivity index (χ0) is 14.7.